The molecule has 0 saturated carbocycles. The highest BCUT2D eigenvalue weighted by atomic mass is 35.5. The second-order valence-corrected chi connectivity index (χ2v) is 6.15. The normalized spacial score (nSPS) is 24.9. The van der Waals surface area contributed by atoms with Crippen LogP contribution >= 0.6 is 12.4 Å². The van der Waals surface area contributed by atoms with Crippen LogP contribution in [0.25, 0.3) is 0 Å². The molecule has 2 heterocycles. The van der Waals surface area contributed by atoms with Crippen molar-refractivity contribution in [1.29, 1.82) is 0 Å². The first kappa shape index (κ1) is 15.3. The fourth-order valence-electron chi connectivity index (χ4n) is 3.28. The van der Waals surface area contributed by atoms with Gasteiger partial charge in [0.1, 0.15) is 0 Å². The van der Waals surface area contributed by atoms with Crippen LogP contribution in [0, 0.1) is 12.3 Å². The molecular weight excluding hydrogens is 272 g/mol. The average molecular weight is 295 g/mol. The third kappa shape index (κ3) is 3.15. The van der Waals surface area contributed by atoms with Crippen molar-refractivity contribution in [2.45, 2.75) is 26.2 Å². The van der Waals surface area contributed by atoms with Crippen LogP contribution in [0.4, 0.5) is 0 Å². The van der Waals surface area contributed by atoms with Gasteiger partial charge in [0.05, 0.1) is 6.42 Å². The Labute approximate surface area is 127 Å². The molecule has 1 N–H and O–H groups in total. The predicted octanol–water partition coefficient (Wildman–Crippen LogP) is 2.17. The topological polar surface area (TPSA) is 32.3 Å². The molecular formula is C16H23ClN2O. The Hall–Kier alpha value is -1.06. The Bertz CT molecular complexity index is 466. The summed E-state index contributed by atoms with van der Waals surface area (Å²) < 4.78 is 0. The number of nitrogens with zero attached hydrogens (tertiary/aromatic N) is 1. The van der Waals surface area contributed by atoms with Crippen molar-refractivity contribution < 1.29 is 4.79 Å². The van der Waals surface area contributed by atoms with Crippen LogP contribution in [0.3, 0.4) is 0 Å². The molecule has 1 atom stereocenters. The molecule has 1 spiro atoms. The Balaban J connectivity index is 0.00000147. The summed E-state index contributed by atoms with van der Waals surface area (Å²) in [5.41, 5.74) is 2.75. The van der Waals surface area contributed by atoms with Gasteiger partial charge in [-0.25, -0.2) is 0 Å². The fraction of sp³-hybridized carbons (Fsp3) is 0.562. The minimum absolute atomic E-state index is 0. The van der Waals surface area contributed by atoms with Crippen molar-refractivity contribution in [3.05, 3.63) is 35.4 Å². The van der Waals surface area contributed by atoms with Crippen LogP contribution in [0.15, 0.2) is 24.3 Å². The second kappa shape index (κ2) is 6.15. The van der Waals surface area contributed by atoms with Gasteiger partial charge in [-0.15, -0.1) is 12.4 Å². The van der Waals surface area contributed by atoms with Gasteiger partial charge < -0.3 is 10.2 Å². The highest BCUT2D eigenvalue weighted by Crippen LogP contribution is 2.36. The quantitative estimate of drug-likeness (QED) is 0.907. The number of carbonyl (C=O) groups excluding carboxylic acids is 1. The highest BCUT2D eigenvalue weighted by molar-refractivity contribution is 5.85. The summed E-state index contributed by atoms with van der Waals surface area (Å²) in [4.78, 5) is 14.4. The molecule has 110 valence electrons. The maximum Gasteiger partial charge on any atom is 0.227 e. The van der Waals surface area contributed by atoms with Gasteiger partial charge in [-0.2, -0.15) is 0 Å². The van der Waals surface area contributed by atoms with E-state index >= 15 is 0 Å². The lowest BCUT2D eigenvalue weighted by Crippen LogP contribution is -2.34. The van der Waals surface area contributed by atoms with Gasteiger partial charge in [0.25, 0.3) is 0 Å². The molecule has 2 fully saturated rings. The molecule has 2 saturated heterocycles. The van der Waals surface area contributed by atoms with Crippen LogP contribution in [0.1, 0.15) is 24.0 Å². The van der Waals surface area contributed by atoms with Crippen molar-refractivity contribution in [1.82, 2.24) is 10.2 Å². The summed E-state index contributed by atoms with van der Waals surface area (Å²) in [5.74, 6) is 0.285. The molecule has 0 aliphatic carbocycles. The standard InChI is InChI=1S/C16H22N2O.ClH/c1-13-2-4-14(5-3-13)10-15(19)18-9-7-16(12-18)6-8-17-11-16;/h2-5,17H,6-12H2,1H3;1H. The van der Waals surface area contributed by atoms with Gasteiger partial charge >= 0.3 is 0 Å². The van der Waals surface area contributed by atoms with Crippen LogP contribution in [0.2, 0.25) is 0 Å². The fourth-order valence-corrected chi connectivity index (χ4v) is 3.28. The van der Waals surface area contributed by atoms with E-state index in [1.165, 1.54) is 18.4 Å². The number of likely N-dealkylation sites (tertiary alicyclic amines) is 1. The molecule has 1 amide bonds. The number of hydrogen-bond donors (Lipinski definition) is 1. The van der Waals surface area contributed by atoms with Gasteiger partial charge in [-0.05, 0) is 31.9 Å². The molecule has 3 rings (SSSR count). The zero-order valence-corrected chi connectivity index (χ0v) is 12.8. The number of rotatable bonds is 2. The summed E-state index contributed by atoms with van der Waals surface area (Å²) >= 11 is 0. The molecule has 0 bridgehead atoms. The summed E-state index contributed by atoms with van der Waals surface area (Å²) in [6.07, 6.45) is 2.94. The zero-order chi connectivity index (χ0) is 13.3. The maximum atomic E-state index is 12.3. The number of hydrogen-bond acceptors (Lipinski definition) is 2. The molecule has 1 aromatic carbocycles. The number of aryl methyl sites for hydroxylation is 1. The molecule has 4 heteroatoms. The molecule has 2 aliphatic rings. The first-order valence-electron chi connectivity index (χ1n) is 7.21. The summed E-state index contributed by atoms with van der Waals surface area (Å²) in [6, 6.07) is 8.29. The molecule has 1 aromatic rings. The average Bonchev–Trinajstić information content (AvgIpc) is 3.03. The first-order valence-corrected chi connectivity index (χ1v) is 7.21. The van der Waals surface area contributed by atoms with Gasteiger partial charge in [0.2, 0.25) is 5.91 Å². The maximum absolute atomic E-state index is 12.3. The van der Waals surface area contributed by atoms with E-state index < -0.39 is 0 Å². The van der Waals surface area contributed by atoms with Crippen LogP contribution in [-0.4, -0.2) is 37.0 Å². The minimum Gasteiger partial charge on any atom is -0.342 e. The number of benzene rings is 1. The van der Waals surface area contributed by atoms with Gasteiger partial charge in [-0.1, -0.05) is 29.8 Å². The Morgan fingerprint density at radius 2 is 2.05 bits per heavy atom. The minimum atomic E-state index is 0. The smallest absolute Gasteiger partial charge is 0.227 e. The van der Waals surface area contributed by atoms with Gasteiger partial charge in [0.15, 0.2) is 0 Å². The van der Waals surface area contributed by atoms with E-state index in [4.69, 9.17) is 0 Å². The first-order chi connectivity index (χ1) is 9.17. The molecule has 0 radical (unpaired) electrons. The van der Waals surface area contributed by atoms with E-state index in [1.54, 1.807) is 0 Å². The summed E-state index contributed by atoms with van der Waals surface area (Å²) in [6.45, 7) is 6.15. The molecule has 20 heavy (non-hydrogen) atoms. The van der Waals surface area contributed by atoms with E-state index in [1.807, 2.05) is 0 Å². The lowest BCUT2D eigenvalue weighted by molar-refractivity contribution is -0.129. The van der Waals surface area contributed by atoms with Crippen molar-refractivity contribution in [2.24, 2.45) is 5.41 Å². The van der Waals surface area contributed by atoms with Crippen molar-refractivity contribution in [2.75, 3.05) is 26.2 Å². The van der Waals surface area contributed by atoms with Gasteiger partial charge in [0, 0.05) is 25.0 Å². The molecule has 2 aliphatic heterocycles. The Morgan fingerprint density at radius 3 is 2.70 bits per heavy atom. The zero-order valence-electron chi connectivity index (χ0n) is 12.0. The van der Waals surface area contributed by atoms with Crippen molar-refractivity contribution >= 4 is 18.3 Å². The third-order valence-electron chi connectivity index (χ3n) is 4.60. The van der Waals surface area contributed by atoms with Crippen molar-refractivity contribution in [3.8, 4) is 0 Å². The van der Waals surface area contributed by atoms with Crippen LogP contribution < -0.4 is 5.32 Å². The number of nitrogens with one attached hydrogen (secondary N) is 1. The lowest BCUT2D eigenvalue weighted by atomic mass is 9.86. The second-order valence-electron chi connectivity index (χ2n) is 6.15. The molecule has 0 aromatic heterocycles. The molecule has 3 nitrogen and oxygen atoms in total. The lowest BCUT2D eigenvalue weighted by Gasteiger charge is -2.22. The number of amides is 1. The van der Waals surface area contributed by atoms with Crippen LogP contribution in [-0.2, 0) is 11.2 Å². The van der Waals surface area contributed by atoms with Gasteiger partial charge in [-0.3, -0.25) is 4.79 Å². The Kier molecular flexibility index (Phi) is 4.71. The van der Waals surface area contributed by atoms with E-state index in [0.717, 1.165) is 31.7 Å². The monoisotopic (exact) mass is 294 g/mol. The SMILES string of the molecule is Cc1ccc(CC(=O)N2CCC3(CCNC3)C2)cc1.Cl. The highest BCUT2D eigenvalue weighted by Gasteiger charge is 2.41. The Morgan fingerprint density at radius 1 is 1.30 bits per heavy atom. The summed E-state index contributed by atoms with van der Waals surface area (Å²) in [5, 5.41) is 3.43. The number of carbonyl (C=O) groups is 1. The van der Waals surface area contributed by atoms with E-state index in [0.29, 0.717) is 11.8 Å². The molecule has 1 unspecified atom stereocenters. The summed E-state index contributed by atoms with van der Waals surface area (Å²) in [7, 11) is 0. The van der Waals surface area contributed by atoms with E-state index in [-0.39, 0.29) is 18.3 Å². The van der Waals surface area contributed by atoms with E-state index in [2.05, 4.69) is 41.4 Å². The van der Waals surface area contributed by atoms with Crippen molar-refractivity contribution in [3.63, 3.8) is 0 Å². The predicted molar refractivity (Wildman–Crippen MR) is 83.2 cm³/mol. The van der Waals surface area contributed by atoms with Crippen LogP contribution in [0.5, 0.6) is 0 Å². The van der Waals surface area contributed by atoms with E-state index in [9.17, 15) is 4.79 Å². The largest absolute Gasteiger partial charge is 0.342 e. The number of halogens is 1. The third-order valence-corrected chi connectivity index (χ3v) is 4.60.